The van der Waals surface area contributed by atoms with E-state index in [0.717, 1.165) is 6.20 Å². The first kappa shape index (κ1) is 14.6. The van der Waals surface area contributed by atoms with Crippen molar-refractivity contribution in [2.75, 3.05) is 11.9 Å². The van der Waals surface area contributed by atoms with E-state index in [1.807, 2.05) is 0 Å². The van der Waals surface area contributed by atoms with Crippen LogP contribution in [0, 0.1) is 17.0 Å². The van der Waals surface area contributed by atoms with Gasteiger partial charge in [0.15, 0.2) is 6.23 Å². The molecule has 4 atom stereocenters. The lowest BCUT2D eigenvalue weighted by molar-refractivity contribution is -0.385. The Morgan fingerprint density at radius 2 is 2.20 bits per heavy atom. The number of nitrogens with one attached hydrogen (secondary N) is 1. The predicted molar refractivity (Wildman–Crippen MR) is 67.0 cm³/mol. The van der Waals surface area contributed by atoms with Crippen LogP contribution in [0.25, 0.3) is 0 Å². The highest BCUT2D eigenvalue weighted by Crippen LogP contribution is 2.24. The average Bonchev–Trinajstić information content (AvgIpc) is 2.66. The fourth-order valence-corrected chi connectivity index (χ4v) is 1.98. The fraction of sp³-hybridized carbons (Fsp3) is 0.545. The van der Waals surface area contributed by atoms with E-state index in [1.54, 1.807) is 6.92 Å². The summed E-state index contributed by atoms with van der Waals surface area (Å²) in [6.45, 7) is 1.13. The van der Waals surface area contributed by atoms with E-state index in [2.05, 4.69) is 10.3 Å². The Bertz CT molecular complexity index is 511. The van der Waals surface area contributed by atoms with Gasteiger partial charge in [-0.15, -0.1) is 0 Å². The number of aliphatic hydroxyl groups is 3. The number of aromatic nitrogens is 1. The number of pyridine rings is 1. The number of rotatable bonds is 4. The number of hydrogen-bond donors (Lipinski definition) is 4. The molecular weight excluding hydrogens is 270 g/mol. The second kappa shape index (κ2) is 5.67. The Kier molecular flexibility index (Phi) is 4.14. The van der Waals surface area contributed by atoms with Crippen LogP contribution in [0.5, 0.6) is 0 Å². The smallest absolute Gasteiger partial charge is 0.290 e. The largest absolute Gasteiger partial charge is 0.394 e. The van der Waals surface area contributed by atoms with E-state index in [1.165, 1.54) is 6.07 Å². The second-order valence-electron chi connectivity index (χ2n) is 4.52. The normalized spacial score (nSPS) is 29.4. The molecule has 2 heterocycles. The lowest BCUT2D eigenvalue weighted by atomic mass is 10.1. The highest BCUT2D eigenvalue weighted by Gasteiger charge is 2.42. The van der Waals surface area contributed by atoms with Crippen molar-refractivity contribution in [2.24, 2.45) is 0 Å². The third-order valence-electron chi connectivity index (χ3n) is 3.11. The molecule has 0 saturated carbocycles. The first-order chi connectivity index (χ1) is 9.43. The predicted octanol–water partition coefficient (Wildman–Crippen LogP) is -0.851. The topological polar surface area (TPSA) is 138 Å². The van der Waals surface area contributed by atoms with E-state index >= 15 is 0 Å². The lowest BCUT2D eigenvalue weighted by Gasteiger charge is -2.17. The van der Waals surface area contributed by atoms with Gasteiger partial charge in [-0.3, -0.25) is 10.1 Å². The standard InChI is InChI=1S/C11H15N3O6/c1-5-2-8(12-3-6(5)14(18)19)13-11-10(17)9(16)7(4-15)20-11/h2-3,7,9-11,15-17H,4H2,1H3,(H,12,13)/t7-,9-,10-,11-/m1/s1. The van der Waals surface area contributed by atoms with Crippen LogP contribution in [-0.2, 0) is 4.74 Å². The zero-order valence-electron chi connectivity index (χ0n) is 10.6. The van der Waals surface area contributed by atoms with Crippen LogP contribution in [0.3, 0.4) is 0 Å². The number of nitro groups is 1. The van der Waals surface area contributed by atoms with Gasteiger partial charge in [0.25, 0.3) is 5.69 Å². The maximum absolute atomic E-state index is 10.7. The molecule has 110 valence electrons. The van der Waals surface area contributed by atoms with Crippen LogP contribution in [0.15, 0.2) is 12.3 Å². The average molecular weight is 285 g/mol. The van der Waals surface area contributed by atoms with Gasteiger partial charge >= 0.3 is 0 Å². The van der Waals surface area contributed by atoms with Gasteiger partial charge in [-0.2, -0.15) is 0 Å². The van der Waals surface area contributed by atoms with Crippen molar-refractivity contribution in [3.8, 4) is 0 Å². The third-order valence-corrected chi connectivity index (χ3v) is 3.11. The first-order valence-corrected chi connectivity index (χ1v) is 5.94. The molecule has 0 aromatic carbocycles. The summed E-state index contributed by atoms with van der Waals surface area (Å²) in [7, 11) is 0. The second-order valence-corrected chi connectivity index (χ2v) is 4.52. The number of nitrogens with zero attached hydrogens (tertiary/aromatic N) is 2. The summed E-state index contributed by atoms with van der Waals surface area (Å²) in [6.07, 6.45) is -3.18. The van der Waals surface area contributed by atoms with Crippen LogP contribution in [0.1, 0.15) is 5.56 Å². The fourth-order valence-electron chi connectivity index (χ4n) is 1.98. The van der Waals surface area contributed by atoms with Crippen molar-refractivity contribution in [2.45, 2.75) is 31.5 Å². The molecule has 1 aliphatic rings. The van der Waals surface area contributed by atoms with Gasteiger partial charge in [0.05, 0.1) is 11.5 Å². The van der Waals surface area contributed by atoms with Gasteiger partial charge in [-0.05, 0) is 13.0 Å². The molecule has 1 saturated heterocycles. The Morgan fingerprint density at radius 1 is 1.50 bits per heavy atom. The Balaban J connectivity index is 2.11. The molecule has 20 heavy (non-hydrogen) atoms. The molecule has 4 N–H and O–H groups in total. The third kappa shape index (κ3) is 2.70. The lowest BCUT2D eigenvalue weighted by Crippen LogP contribution is -2.36. The minimum atomic E-state index is -1.23. The van der Waals surface area contributed by atoms with Crippen molar-refractivity contribution in [3.05, 3.63) is 27.9 Å². The molecule has 1 aromatic rings. The van der Waals surface area contributed by atoms with Gasteiger partial charge in [-0.25, -0.2) is 4.98 Å². The zero-order valence-corrected chi connectivity index (χ0v) is 10.6. The van der Waals surface area contributed by atoms with E-state index in [9.17, 15) is 20.3 Å². The number of anilines is 1. The summed E-state index contributed by atoms with van der Waals surface area (Å²) in [6, 6.07) is 1.44. The van der Waals surface area contributed by atoms with Crippen LogP contribution < -0.4 is 5.32 Å². The van der Waals surface area contributed by atoms with Crippen molar-refractivity contribution in [1.82, 2.24) is 4.98 Å². The zero-order chi connectivity index (χ0) is 14.9. The highest BCUT2D eigenvalue weighted by molar-refractivity contribution is 5.47. The number of hydrogen-bond acceptors (Lipinski definition) is 8. The van der Waals surface area contributed by atoms with Crippen LogP contribution in [0.2, 0.25) is 0 Å². The maximum atomic E-state index is 10.7. The van der Waals surface area contributed by atoms with Crippen molar-refractivity contribution >= 4 is 11.5 Å². The van der Waals surface area contributed by atoms with Gasteiger partial charge < -0.3 is 25.4 Å². The molecular formula is C11H15N3O6. The molecule has 1 aliphatic heterocycles. The van der Waals surface area contributed by atoms with E-state index in [0.29, 0.717) is 5.56 Å². The van der Waals surface area contributed by atoms with Crippen LogP contribution in [0.4, 0.5) is 11.5 Å². The van der Waals surface area contributed by atoms with E-state index < -0.39 is 36.1 Å². The molecule has 0 bridgehead atoms. The molecule has 1 fully saturated rings. The Labute approximate surface area is 114 Å². The summed E-state index contributed by atoms with van der Waals surface area (Å²) >= 11 is 0. The number of aliphatic hydroxyl groups excluding tert-OH is 3. The number of ether oxygens (including phenoxy) is 1. The van der Waals surface area contributed by atoms with Crippen LogP contribution >= 0.6 is 0 Å². The maximum Gasteiger partial charge on any atom is 0.290 e. The Morgan fingerprint density at radius 3 is 2.70 bits per heavy atom. The van der Waals surface area contributed by atoms with Crippen molar-refractivity contribution < 1.29 is 25.0 Å². The summed E-state index contributed by atoms with van der Waals surface area (Å²) < 4.78 is 5.22. The molecule has 0 radical (unpaired) electrons. The van der Waals surface area contributed by atoms with Gasteiger partial charge in [-0.1, -0.05) is 0 Å². The summed E-state index contributed by atoms with van der Waals surface area (Å²) in [5.74, 6) is 0.267. The SMILES string of the molecule is Cc1cc(N[C@@H]2O[C@H](CO)[C@@H](O)[C@H]2O)ncc1[N+](=O)[O-]. The minimum Gasteiger partial charge on any atom is -0.394 e. The van der Waals surface area contributed by atoms with Crippen molar-refractivity contribution in [3.63, 3.8) is 0 Å². The summed E-state index contributed by atoms with van der Waals surface area (Å²) in [4.78, 5) is 14.0. The van der Waals surface area contributed by atoms with E-state index in [4.69, 9.17) is 9.84 Å². The molecule has 9 heteroatoms. The first-order valence-electron chi connectivity index (χ1n) is 5.94. The van der Waals surface area contributed by atoms with Gasteiger partial charge in [0.2, 0.25) is 0 Å². The van der Waals surface area contributed by atoms with Gasteiger partial charge in [0.1, 0.15) is 30.3 Å². The molecule has 0 amide bonds. The monoisotopic (exact) mass is 285 g/mol. The molecule has 0 aliphatic carbocycles. The summed E-state index contributed by atoms with van der Waals surface area (Å²) in [5, 5.41) is 41.7. The molecule has 0 spiro atoms. The van der Waals surface area contributed by atoms with E-state index in [-0.39, 0.29) is 11.5 Å². The molecule has 2 rings (SSSR count). The molecule has 9 nitrogen and oxygen atoms in total. The molecule has 0 unspecified atom stereocenters. The Hall–Kier alpha value is -1.81. The van der Waals surface area contributed by atoms with Crippen LogP contribution in [-0.4, -0.2) is 56.4 Å². The molecule has 1 aromatic heterocycles. The van der Waals surface area contributed by atoms with Gasteiger partial charge in [0, 0.05) is 5.56 Å². The minimum absolute atomic E-state index is 0.114. The highest BCUT2D eigenvalue weighted by atomic mass is 16.6. The quantitative estimate of drug-likeness (QED) is 0.414. The number of aryl methyl sites for hydroxylation is 1. The van der Waals surface area contributed by atoms with Crippen molar-refractivity contribution in [1.29, 1.82) is 0 Å². The summed E-state index contributed by atoms with van der Waals surface area (Å²) in [5.41, 5.74) is 0.288.